The van der Waals surface area contributed by atoms with Gasteiger partial charge < -0.3 is 30.5 Å². The second-order valence-electron chi connectivity index (χ2n) is 3.72. The standard InChI is InChI=1S/C8H12F3NO6/c9-8(10,11)7(17)12-6-5(16)4(15)3(14)2(1-13)18-6/h2-6,13-16H,1H2,(H,12,17)/t2-,3-,4+,5-,6?/m1/s1. The van der Waals surface area contributed by atoms with Gasteiger partial charge in [-0.2, -0.15) is 13.2 Å². The van der Waals surface area contributed by atoms with E-state index in [1.807, 2.05) is 0 Å². The van der Waals surface area contributed by atoms with E-state index < -0.39 is 49.3 Å². The molecule has 0 saturated carbocycles. The number of alkyl halides is 3. The van der Waals surface area contributed by atoms with Crippen molar-refractivity contribution in [2.45, 2.75) is 36.8 Å². The maximum absolute atomic E-state index is 12.0. The van der Waals surface area contributed by atoms with Crippen molar-refractivity contribution < 1.29 is 43.1 Å². The average molecular weight is 275 g/mol. The molecule has 1 aliphatic heterocycles. The highest BCUT2D eigenvalue weighted by atomic mass is 19.4. The van der Waals surface area contributed by atoms with Gasteiger partial charge in [-0.15, -0.1) is 0 Å². The fraction of sp³-hybridized carbons (Fsp3) is 0.875. The van der Waals surface area contributed by atoms with Gasteiger partial charge in [-0.3, -0.25) is 4.79 Å². The summed E-state index contributed by atoms with van der Waals surface area (Å²) in [6.07, 6.45) is -14.0. The predicted molar refractivity (Wildman–Crippen MR) is 48.0 cm³/mol. The van der Waals surface area contributed by atoms with Crippen LogP contribution in [-0.2, 0) is 9.53 Å². The maximum atomic E-state index is 12.0. The molecule has 1 unspecified atom stereocenters. The molecule has 18 heavy (non-hydrogen) atoms. The molecule has 1 fully saturated rings. The minimum atomic E-state index is -5.18. The summed E-state index contributed by atoms with van der Waals surface area (Å²) in [5.41, 5.74) is 0. The van der Waals surface area contributed by atoms with Crippen molar-refractivity contribution in [3.05, 3.63) is 0 Å². The molecule has 1 heterocycles. The van der Waals surface area contributed by atoms with E-state index in [2.05, 4.69) is 4.74 Å². The number of hydrogen-bond acceptors (Lipinski definition) is 6. The van der Waals surface area contributed by atoms with Gasteiger partial charge >= 0.3 is 12.1 Å². The summed E-state index contributed by atoms with van der Waals surface area (Å²) in [6, 6.07) is 0. The SMILES string of the molecule is O=C(NC1O[C@H](CO)[C@@H](O)[C@H](O)[C@H]1O)C(F)(F)F. The zero-order valence-electron chi connectivity index (χ0n) is 8.83. The molecule has 1 amide bonds. The van der Waals surface area contributed by atoms with Crippen LogP contribution in [0.3, 0.4) is 0 Å². The van der Waals surface area contributed by atoms with Crippen molar-refractivity contribution in [1.82, 2.24) is 5.32 Å². The Morgan fingerprint density at radius 2 is 1.72 bits per heavy atom. The first-order valence-corrected chi connectivity index (χ1v) is 4.86. The number of aliphatic hydroxyl groups is 4. The van der Waals surface area contributed by atoms with E-state index in [0.29, 0.717) is 0 Å². The van der Waals surface area contributed by atoms with Crippen molar-refractivity contribution in [1.29, 1.82) is 0 Å². The molecule has 1 saturated heterocycles. The second kappa shape index (κ2) is 5.36. The van der Waals surface area contributed by atoms with Crippen LogP contribution < -0.4 is 5.32 Å². The predicted octanol–water partition coefficient (Wildman–Crippen LogP) is -2.54. The Balaban J connectivity index is 2.74. The van der Waals surface area contributed by atoms with Crippen molar-refractivity contribution in [3.63, 3.8) is 0 Å². The molecule has 5 N–H and O–H groups in total. The molecule has 0 bridgehead atoms. The van der Waals surface area contributed by atoms with Crippen molar-refractivity contribution in [2.24, 2.45) is 0 Å². The van der Waals surface area contributed by atoms with Crippen LogP contribution in [0.5, 0.6) is 0 Å². The molecule has 0 aromatic heterocycles. The van der Waals surface area contributed by atoms with Crippen molar-refractivity contribution in [3.8, 4) is 0 Å². The lowest BCUT2D eigenvalue weighted by Gasteiger charge is -2.40. The first-order valence-electron chi connectivity index (χ1n) is 4.86. The molecule has 0 radical (unpaired) electrons. The molecule has 1 rings (SSSR count). The van der Waals surface area contributed by atoms with E-state index in [-0.39, 0.29) is 0 Å². The highest BCUT2D eigenvalue weighted by molar-refractivity contribution is 5.81. The van der Waals surface area contributed by atoms with Crippen LogP contribution in [0.4, 0.5) is 13.2 Å². The minimum Gasteiger partial charge on any atom is -0.394 e. The Bertz CT molecular complexity index is 310. The lowest BCUT2D eigenvalue weighted by Crippen LogP contribution is -2.64. The van der Waals surface area contributed by atoms with Gasteiger partial charge in [0.2, 0.25) is 0 Å². The number of hydrogen-bond donors (Lipinski definition) is 5. The lowest BCUT2D eigenvalue weighted by atomic mass is 9.98. The minimum absolute atomic E-state index is 0.802. The number of rotatable bonds is 2. The molecule has 0 aromatic rings. The third-order valence-corrected chi connectivity index (χ3v) is 2.42. The Hall–Kier alpha value is -0.940. The van der Waals surface area contributed by atoms with E-state index in [1.54, 1.807) is 0 Å². The third-order valence-electron chi connectivity index (χ3n) is 2.42. The molecule has 7 nitrogen and oxygen atoms in total. The largest absolute Gasteiger partial charge is 0.471 e. The number of halogens is 3. The maximum Gasteiger partial charge on any atom is 0.471 e. The quantitative estimate of drug-likeness (QED) is 0.379. The lowest BCUT2D eigenvalue weighted by molar-refractivity contribution is -0.240. The van der Waals surface area contributed by atoms with Gasteiger partial charge in [-0.25, -0.2) is 0 Å². The number of nitrogens with one attached hydrogen (secondary N) is 1. The normalized spacial score (nSPS) is 37.4. The van der Waals surface area contributed by atoms with Crippen LogP contribution in [0.15, 0.2) is 0 Å². The second-order valence-corrected chi connectivity index (χ2v) is 3.72. The topological polar surface area (TPSA) is 119 Å². The smallest absolute Gasteiger partial charge is 0.394 e. The monoisotopic (exact) mass is 275 g/mol. The van der Waals surface area contributed by atoms with Gasteiger partial charge in [0, 0.05) is 0 Å². The Morgan fingerprint density at radius 3 is 2.17 bits per heavy atom. The van der Waals surface area contributed by atoms with Crippen LogP contribution in [0, 0.1) is 0 Å². The summed E-state index contributed by atoms with van der Waals surface area (Å²) in [5, 5.41) is 38.0. The summed E-state index contributed by atoms with van der Waals surface area (Å²) >= 11 is 0. The number of carbonyl (C=O) groups excluding carboxylic acids is 1. The van der Waals surface area contributed by atoms with Crippen molar-refractivity contribution >= 4 is 5.91 Å². The van der Waals surface area contributed by atoms with E-state index in [9.17, 15) is 33.3 Å². The van der Waals surface area contributed by atoms with Gasteiger partial charge in [-0.1, -0.05) is 0 Å². The van der Waals surface area contributed by atoms with E-state index in [0.717, 1.165) is 0 Å². The van der Waals surface area contributed by atoms with Crippen molar-refractivity contribution in [2.75, 3.05) is 6.61 Å². The van der Waals surface area contributed by atoms with Gasteiger partial charge in [0.1, 0.15) is 24.4 Å². The van der Waals surface area contributed by atoms with E-state index in [1.165, 1.54) is 5.32 Å². The molecular formula is C8H12F3NO6. The first-order chi connectivity index (χ1) is 8.18. The Kier molecular flexibility index (Phi) is 4.50. The van der Waals surface area contributed by atoms with Gasteiger partial charge in [0.25, 0.3) is 0 Å². The fourth-order valence-electron chi connectivity index (χ4n) is 1.43. The first kappa shape index (κ1) is 15.1. The molecule has 0 aliphatic carbocycles. The molecule has 10 heteroatoms. The molecule has 0 aromatic carbocycles. The Labute approximate surface area is 98.8 Å². The summed E-state index contributed by atoms with van der Waals surface area (Å²) in [5.74, 6) is -2.37. The number of aliphatic hydroxyl groups excluding tert-OH is 4. The highest BCUT2D eigenvalue weighted by Gasteiger charge is 2.47. The van der Waals surface area contributed by atoms with Gasteiger partial charge in [-0.05, 0) is 0 Å². The summed E-state index contributed by atoms with van der Waals surface area (Å²) in [4.78, 5) is 10.6. The van der Waals surface area contributed by atoms with Crippen LogP contribution in [0.1, 0.15) is 0 Å². The molecule has 0 spiro atoms. The zero-order valence-corrected chi connectivity index (χ0v) is 8.83. The zero-order chi connectivity index (χ0) is 14.1. The number of amides is 1. The molecule has 1 aliphatic rings. The number of carbonyl (C=O) groups is 1. The van der Waals surface area contributed by atoms with Gasteiger partial charge in [0.15, 0.2) is 6.23 Å². The average Bonchev–Trinajstić information content (AvgIpc) is 2.28. The summed E-state index contributed by atoms with van der Waals surface area (Å²) in [7, 11) is 0. The van der Waals surface area contributed by atoms with E-state index in [4.69, 9.17) is 5.11 Å². The van der Waals surface area contributed by atoms with Gasteiger partial charge in [0.05, 0.1) is 6.61 Å². The molecule has 5 atom stereocenters. The molecular weight excluding hydrogens is 263 g/mol. The summed E-state index contributed by atoms with van der Waals surface area (Å²) in [6.45, 7) is -0.802. The van der Waals surface area contributed by atoms with Crippen LogP contribution in [0.25, 0.3) is 0 Å². The van der Waals surface area contributed by atoms with Crippen LogP contribution in [0.2, 0.25) is 0 Å². The molecule has 106 valence electrons. The fourth-order valence-corrected chi connectivity index (χ4v) is 1.43. The number of ether oxygens (including phenoxy) is 1. The van der Waals surface area contributed by atoms with Crippen LogP contribution in [-0.4, -0.2) is 69.8 Å². The van der Waals surface area contributed by atoms with E-state index >= 15 is 0 Å². The summed E-state index contributed by atoms with van der Waals surface area (Å²) < 4.78 is 40.6. The third kappa shape index (κ3) is 3.09. The Morgan fingerprint density at radius 1 is 1.17 bits per heavy atom. The highest BCUT2D eigenvalue weighted by Crippen LogP contribution is 2.21. The van der Waals surface area contributed by atoms with Crippen LogP contribution >= 0.6 is 0 Å².